The Morgan fingerprint density at radius 2 is 2.22 bits per heavy atom. The van der Waals surface area contributed by atoms with Gasteiger partial charge in [-0.3, -0.25) is 0 Å². The van der Waals surface area contributed by atoms with Crippen LogP contribution >= 0.6 is 12.2 Å². The lowest BCUT2D eigenvalue weighted by atomic mass is 10.2. The van der Waals surface area contributed by atoms with Crippen molar-refractivity contribution in [3.8, 4) is 5.75 Å². The average molecular weight is 261 g/mol. The number of nitrogens with two attached hydrogens (primary N) is 1. The number of thiocarbonyl (C=S) groups is 1. The Morgan fingerprint density at radius 3 is 2.94 bits per heavy atom. The fourth-order valence-corrected chi connectivity index (χ4v) is 1.81. The Kier molecular flexibility index (Phi) is 4.30. The van der Waals surface area contributed by atoms with Gasteiger partial charge in [0.05, 0.1) is 18.5 Å². The van der Waals surface area contributed by atoms with E-state index in [4.69, 9.17) is 22.7 Å². The highest BCUT2D eigenvalue weighted by atomic mass is 32.1. The molecule has 0 radical (unpaired) electrons. The molecule has 2 aromatic rings. The minimum Gasteiger partial charge on any atom is -0.493 e. The molecule has 0 saturated carbocycles. The lowest BCUT2D eigenvalue weighted by Gasteiger charge is -2.10. The van der Waals surface area contributed by atoms with Crippen molar-refractivity contribution in [2.75, 3.05) is 6.61 Å². The molecule has 0 aliphatic carbocycles. The van der Waals surface area contributed by atoms with Crippen molar-refractivity contribution in [1.82, 2.24) is 9.55 Å². The second-order valence-corrected chi connectivity index (χ2v) is 4.30. The van der Waals surface area contributed by atoms with E-state index in [1.807, 2.05) is 35.0 Å². The number of para-hydroxylation sites is 1. The van der Waals surface area contributed by atoms with E-state index in [9.17, 15) is 0 Å². The third kappa shape index (κ3) is 3.30. The predicted octanol–water partition coefficient (Wildman–Crippen LogP) is 1.99. The summed E-state index contributed by atoms with van der Waals surface area (Å²) in [6, 6.07) is 7.55. The first-order valence-electron chi connectivity index (χ1n) is 5.75. The normalized spacial score (nSPS) is 10.2. The van der Waals surface area contributed by atoms with E-state index in [1.165, 1.54) is 0 Å². The van der Waals surface area contributed by atoms with E-state index in [1.54, 1.807) is 12.5 Å². The van der Waals surface area contributed by atoms with Crippen LogP contribution in [0.4, 0.5) is 0 Å². The molecule has 0 bridgehead atoms. The van der Waals surface area contributed by atoms with Gasteiger partial charge >= 0.3 is 0 Å². The van der Waals surface area contributed by atoms with Crippen LogP contribution in [0.5, 0.6) is 5.75 Å². The molecule has 2 rings (SSSR count). The number of benzene rings is 1. The lowest BCUT2D eigenvalue weighted by Crippen LogP contribution is -2.12. The third-order valence-electron chi connectivity index (χ3n) is 2.53. The zero-order valence-electron chi connectivity index (χ0n) is 9.95. The topological polar surface area (TPSA) is 53.1 Å². The van der Waals surface area contributed by atoms with E-state index in [0.29, 0.717) is 11.6 Å². The molecule has 0 aliphatic heterocycles. The van der Waals surface area contributed by atoms with Gasteiger partial charge in [-0.05, 0) is 18.6 Å². The van der Waals surface area contributed by atoms with E-state index in [-0.39, 0.29) is 0 Å². The maximum Gasteiger partial charge on any atom is 0.129 e. The Balaban J connectivity index is 1.85. The van der Waals surface area contributed by atoms with Gasteiger partial charge in [0.25, 0.3) is 0 Å². The Bertz CT molecular complexity index is 511. The smallest absolute Gasteiger partial charge is 0.129 e. The van der Waals surface area contributed by atoms with Crippen LogP contribution in [0.2, 0.25) is 0 Å². The third-order valence-corrected chi connectivity index (χ3v) is 2.75. The van der Waals surface area contributed by atoms with Crippen LogP contribution in [0.3, 0.4) is 0 Å². The van der Waals surface area contributed by atoms with Crippen molar-refractivity contribution in [1.29, 1.82) is 0 Å². The lowest BCUT2D eigenvalue weighted by molar-refractivity contribution is 0.301. The molecule has 1 heterocycles. The highest BCUT2D eigenvalue weighted by Gasteiger charge is 2.04. The number of nitrogens with zero attached hydrogens (tertiary/aromatic N) is 2. The Hall–Kier alpha value is -1.88. The molecule has 2 N–H and O–H groups in total. The molecule has 94 valence electrons. The summed E-state index contributed by atoms with van der Waals surface area (Å²) in [5.41, 5.74) is 6.42. The zero-order chi connectivity index (χ0) is 12.8. The van der Waals surface area contributed by atoms with Crippen LogP contribution in [-0.4, -0.2) is 21.1 Å². The first kappa shape index (κ1) is 12.6. The Labute approximate surface area is 111 Å². The molecular weight excluding hydrogens is 246 g/mol. The molecule has 0 fully saturated rings. The molecule has 0 spiro atoms. The van der Waals surface area contributed by atoms with Crippen molar-refractivity contribution in [3.05, 3.63) is 48.5 Å². The van der Waals surface area contributed by atoms with Crippen molar-refractivity contribution in [3.63, 3.8) is 0 Å². The summed E-state index contributed by atoms with van der Waals surface area (Å²) in [7, 11) is 0. The maximum atomic E-state index is 5.70. The minimum atomic E-state index is 0.361. The largest absolute Gasteiger partial charge is 0.493 e. The summed E-state index contributed by atoms with van der Waals surface area (Å²) in [6.07, 6.45) is 6.40. The minimum absolute atomic E-state index is 0.361. The quantitative estimate of drug-likeness (QED) is 0.638. The van der Waals surface area contributed by atoms with Crippen LogP contribution in [0.25, 0.3) is 0 Å². The second-order valence-electron chi connectivity index (χ2n) is 3.86. The Morgan fingerprint density at radius 1 is 1.39 bits per heavy atom. The number of aromatic nitrogens is 2. The van der Waals surface area contributed by atoms with Gasteiger partial charge in [0, 0.05) is 18.9 Å². The van der Waals surface area contributed by atoms with E-state index >= 15 is 0 Å². The molecule has 5 heteroatoms. The molecular formula is C13H15N3OS. The van der Waals surface area contributed by atoms with Crippen LogP contribution in [-0.2, 0) is 6.54 Å². The average Bonchev–Trinajstić information content (AvgIpc) is 2.88. The molecule has 0 unspecified atom stereocenters. The van der Waals surface area contributed by atoms with Crippen molar-refractivity contribution < 1.29 is 4.74 Å². The number of hydrogen-bond acceptors (Lipinski definition) is 3. The van der Waals surface area contributed by atoms with Gasteiger partial charge in [0.1, 0.15) is 10.7 Å². The maximum absolute atomic E-state index is 5.70. The summed E-state index contributed by atoms with van der Waals surface area (Å²) in [5, 5.41) is 0. The van der Waals surface area contributed by atoms with Gasteiger partial charge in [-0.25, -0.2) is 4.98 Å². The van der Waals surface area contributed by atoms with Gasteiger partial charge < -0.3 is 15.0 Å². The van der Waals surface area contributed by atoms with Crippen molar-refractivity contribution >= 4 is 17.2 Å². The standard InChI is InChI=1S/C13H15N3OS/c14-13(18)11-4-1-2-5-12(11)17-9-3-7-16-8-6-15-10-16/h1-2,4-6,8,10H,3,7,9H2,(H2,14,18). The summed E-state index contributed by atoms with van der Waals surface area (Å²) in [5.74, 6) is 0.746. The molecule has 4 nitrogen and oxygen atoms in total. The van der Waals surface area contributed by atoms with Gasteiger partial charge in [-0.15, -0.1) is 0 Å². The number of imidazole rings is 1. The number of rotatable bonds is 6. The number of aryl methyl sites for hydroxylation is 1. The van der Waals surface area contributed by atoms with Crippen LogP contribution < -0.4 is 10.5 Å². The predicted molar refractivity (Wildman–Crippen MR) is 74.7 cm³/mol. The summed E-state index contributed by atoms with van der Waals surface area (Å²) >= 11 is 4.98. The molecule has 0 saturated heterocycles. The second kappa shape index (κ2) is 6.16. The van der Waals surface area contributed by atoms with Gasteiger partial charge in [0.15, 0.2) is 0 Å². The van der Waals surface area contributed by atoms with E-state index in [0.717, 1.165) is 24.3 Å². The fraction of sp³-hybridized carbons (Fsp3) is 0.231. The molecule has 0 aliphatic rings. The highest BCUT2D eigenvalue weighted by Crippen LogP contribution is 2.17. The molecule has 18 heavy (non-hydrogen) atoms. The molecule has 1 aromatic heterocycles. The highest BCUT2D eigenvalue weighted by molar-refractivity contribution is 7.80. The number of ether oxygens (including phenoxy) is 1. The fourth-order valence-electron chi connectivity index (χ4n) is 1.64. The van der Waals surface area contributed by atoms with Crippen LogP contribution in [0.15, 0.2) is 43.0 Å². The van der Waals surface area contributed by atoms with Crippen LogP contribution in [0.1, 0.15) is 12.0 Å². The first-order valence-corrected chi connectivity index (χ1v) is 6.15. The molecule has 0 amide bonds. The van der Waals surface area contributed by atoms with Gasteiger partial charge in [0.2, 0.25) is 0 Å². The van der Waals surface area contributed by atoms with Crippen LogP contribution in [0, 0.1) is 0 Å². The van der Waals surface area contributed by atoms with Crippen molar-refractivity contribution in [2.24, 2.45) is 5.73 Å². The van der Waals surface area contributed by atoms with Gasteiger partial charge in [-0.2, -0.15) is 0 Å². The molecule has 0 atom stereocenters. The summed E-state index contributed by atoms with van der Waals surface area (Å²) in [6.45, 7) is 1.51. The first-order chi connectivity index (χ1) is 8.77. The zero-order valence-corrected chi connectivity index (χ0v) is 10.8. The number of hydrogen-bond donors (Lipinski definition) is 1. The summed E-state index contributed by atoms with van der Waals surface area (Å²) in [4.78, 5) is 4.35. The van der Waals surface area contributed by atoms with Gasteiger partial charge in [-0.1, -0.05) is 24.4 Å². The van der Waals surface area contributed by atoms with E-state index < -0.39 is 0 Å². The SMILES string of the molecule is NC(=S)c1ccccc1OCCCn1ccnc1. The molecule has 1 aromatic carbocycles. The monoisotopic (exact) mass is 261 g/mol. The van der Waals surface area contributed by atoms with E-state index in [2.05, 4.69) is 4.98 Å². The van der Waals surface area contributed by atoms with Crippen molar-refractivity contribution in [2.45, 2.75) is 13.0 Å². The summed E-state index contributed by atoms with van der Waals surface area (Å²) < 4.78 is 7.71.